The third-order valence-electron chi connectivity index (χ3n) is 7.13. The first-order valence-electron chi connectivity index (χ1n) is 11.4. The smallest absolute Gasteiger partial charge is 0.220 e. The molecule has 3 aliphatic rings. The van der Waals surface area contributed by atoms with E-state index in [4.69, 9.17) is 0 Å². The van der Waals surface area contributed by atoms with E-state index >= 15 is 0 Å². The van der Waals surface area contributed by atoms with Crippen molar-refractivity contribution >= 4 is 5.91 Å². The van der Waals surface area contributed by atoms with Crippen molar-refractivity contribution in [2.75, 3.05) is 0 Å². The maximum absolute atomic E-state index is 14.3. The number of halogens is 2. The van der Waals surface area contributed by atoms with Crippen LogP contribution in [0.25, 0.3) is 5.69 Å². The molecule has 1 amide bonds. The highest BCUT2D eigenvalue weighted by atomic mass is 19.1. The highest BCUT2D eigenvalue weighted by Gasteiger charge is 2.37. The molecule has 2 heterocycles. The first-order valence-corrected chi connectivity index (χ1v) is 11.4. The Labute approximate surface area is 180 Å². The molecule has 1 aromatic carbocycles. The molecule has 8 heteroatoms. The van der Waals surface area contributed by atoms with Gasteiger partial charge in [0, 0.05) is 35.8 Å². The second kappa shape index (κ2) is 8.67. The summed E-state index contributed by atoms with van der Waals surface area (Å²) in [5.41, 5.74) is 8.85. The van der Waals surface area contributed by atoms with Gasteiger partial charge in [0.2, 0.25) is 5.91 Å². The SMILES string of the molecule is O=C(CCC1NNC2CCCCC21)NC1CCCc2c1cnn2-c1ccc(F)cc1F. The van der Waals surface area contributed by atoms with Gasteiger partial charge in [0.05, 0.1) is 12.2 Å². The van der Waals surface area contributed by atoms with Gasteiger partial charge in [0.15, 0.2) is 5.82 Å². The van der Waals surface area contributed by atoms with Gasteiger partial charge in [-0.2, -0.15) is 5.10 Å². The van der Waals surface area contributed by atoms with E-state index in [2.05, 4.69) is 21.3 Å². The second-order valence-corrected chi connectivity index (χ2v) is 9.06. The lowest BCUT2D eigenvalue weighted by Gasteiger charge is -2.27. The van der Waals surface area contributed by atoms with Crippen molar-refractivity contribution in [2.45, 2.75) is 75.9 Å². The number of rotatable bonds is 5. The van der Waals surface area contributed by atoms with Crippen LogP contribution in [0.3, 0.4) is 0 Å². The van der Waals surface area contributed by atoms with Gasteiger partial charge in [-0.15, -0.1) is 0 Å². The third kappa shape index (κ3) is 4.11. The number of amides is 1. The fourth-order valence-corrected chi connectivity index (χ4v) is 5.55. The average molecular weight is 430 g/mol. The van der Waals surface area contributed by atoms with Crippen molar-refractivity contribution in [3.8, 4) is 5.69 Å². The summed E-state index contributed by atoms with van der Waals surface area (Å²) in [6.07, 6.45) is 10.5. The number of hydrazine groups is 1. The molecule has 1 saturated heterocycles. The molecule has 1 saturated carbocycles. The van der Waals surface area contributed by atoms with E-state index < -0.39 is 11.6 Å². The van der Waals surface area contributed by atoms with E-state index in [1.807, 2.05) is 0 Å². The van der Waals surface area contributed by atoms with Gasteiger partial charge in [0.1, 0.15) is 11.5 Å². The van der Waals surface area contributed by atoms with Crippen LogP contribution in [0.5, 0.6) is 0 Å². The van der Waals surface area contributed by atoms with E-state index in [0.29, 0.717) is 24.4 Å². The summed E-state index contributed by atoms with van der Waals surface area (Å²) in [6, 6.07) is 4.28. The number of carbonyl (C=O) groups is 1. The monoisotopic (exact) mass is 429 g/mol. The number of fused-ring (bicyclic) bond motifs is 2. The molecule has 6 nitrogen and oxygen atoms in total. The minimum absolute atomic E-state index is 0.0413. The van der Waals surface area contributed by atoms with Crippen LogP contribution >= 0.6 is 0 Å². The highest BCUT2D eigenvalue weighted by molar-refractivity contribution is 5.76. The number of aromatic nitrogens is 2. The standard InChI is InChI=1S/C23H29F2N5O/c24-14-8-10-22(17(25)12-14)30-21-7-3-6-18(16(21)13-26-30)27-23(31)11-9-20-15-4-1-2-5-19(15)28-29-20/h8,10,12-13,15,18-20,28-29H,1-7,9,11H2,(H,27,31). The Morgan fingerprint density at radius 3 is 2.90 bits per heavy atom. The number of nitrogens with zero attached hydrogens (tertiary/aromatic N) is 2. The summed E-state index contributed by atoms with van der Waals surface area (Å²) in [5, 5.41) is 7.52. The van der Waals surface area contributed by atoms with Gasteiger partial charge in [-0.05, 0) is 56.6 Å². The summed E-state index contributed by atoms with van der Waals surface area (Å²) >= 11 is 0. The van der Waals surface area contributed by atoms with Crippen LogP contribution in [0, 0.1) is 17.6 Å². The number of hydrogen-bond acceptors (Lipinski definition) is 4. The predicted molar refractivity (Wildman–Crippen MR) is 112 cm³/mol. The molecule has 0 radical (unpaired) electrons. The van der Waals surface area contributed by atoms with Crippen LogP contribution in [0.2, 0.25) is 0 Å². The lowest BCUT2D eigenvalue weighted by molar-refractivity contribution is -0.122. The van der Waals surface area contributed by atoms with Crippen molar-refractivity contribution in [2.24, 2.45) is 5.92 Å². The molecule has 0 bridgehead atoms. The summed E-state index contributed by atoms with van der Waals surface area (Å²) in [6.45, 7) is 0. The zero-order valence-corrected chi connectivity index (χ0v) is 17.5. The number of nitrogens with one attached hydrogen (secondary N) is 3. The second-order valence-electron chi connectivity index (χ2n) is 9.06. The first kappa shape index (κ1) is 20.6. The van der Waals surface area contributed by atoms with Gasteiger partial charge in [-0.3, -0.25) is 15.6 Å². The van der Waals surface area contributed by atoms with E-state index in [-0.39, 0.29) is 17.6 Å². The average Bonchev–Trinajstić information content (AvgIpc) is 3.37. The number of benzene rings is 1. The quantitative estimate of drug-likeness (QED) is 0.681. The Morgan fingerprint density at radius 1 is 1.16 bits per heavy atom. The minimum atomic E-state index is -0.643. The van der Waals surface area contributed by atoms with Crippen LogP contribution in [-0.2, 0) is 11.2 Å². The van der Waals surface area contributed by atoms with Gasteiger partial charge in [0.25, 0.3) is 0 Å². The fourth-order valence-electron chi connectivity index (χ4n) is 5.55. The van der Waals surface area contributed by atoms with Crippen LogP contribution < -0.4 is 16.2 Å². The molecule has 3 N–H and O–H groups in total. The van der Waals surface area contributed by atoms with Crippen LogP contribution in [0.1, 0.15) is 68.7 Å². The van der Waals surface area contributed by atoms with Gasteiger partial charge in [-0.1, -0.05) is 12.8 Å². The molecular formula is C23H29F2N5O. The molecule has 0 spiro atoms. The molecule has 2 fully saturated rings. The molecule has 1 aromatic heterocycles. The Hall–Kier alpha value is -2.32. The van der Waals surface area contributed by atoms with Crippen molar-refractivity contribution in [1.29, 1.82) is 0 Å². The summed E-state index contributed by atoms with van der Waals surface area (Å²) in [4.78, 5) is 12.7. The molecule has 4 atom stereocenters. The largest absolute Gasteiger partial charge is 0.349 e. The van der Waals surface area contributed by atoms with Crippen molar-refractivity contribution in [3.63, 3.8) is 0 Å². The third-order valence-corrected chi connectivity index (χ3v) is 7.13. The molecular weight excluding hydrogens is 400 g/mol. The Kier molecular flexibility index (Phi) is 5.75. The molecule has 1 aliphatic heterocycles. The Morgan fingerprint density at radius 2 is 2.03 bits per heavy atom. The molecule has 166 valence electrons. The number of carbonyl (C=O) groups excluding carboxylic acids is 1. The van der Waals surface area contributed by atoms with Crippen LogP contribution in [0.4, 0.5) is 8.78 Å². The van der Waals surface area contributed by atoms with Crippen LogP contribution in [-0.4, -0.2) is 27.8 Å². The Balaban J connectivity index is 1.23. The summed E-state index contributed by atoms with van der Waals surface area (Å²) < 4.78 is 29.1. The van der Waals surface area contributed by atoms with Crippen LogP contribution in [0.15, 0.2) is 24.4 Å². The molecule has 4 unspecified atom stereocenters. The molecule has 31 heavy (non-hydrogen) atoms. The van der Waals surface area contributed by atoms with Crippen molar-refractivity contribution in [1.82, 2.24) is 25.9 Å². The fraction of sp³-hybridized carbons (Fsp3) is 0.565. The zero-order chi connectivity index (χ0) is 21.4. The highest BCUT2D eigenvalue weighted by Crippen LogP contribution is 2.33. The maximum Gasteiger partial charge on any atom is 0.220 e. The van der Waals surface area contributed by atoms with E-state index in [0.717, 1.165) is 43.0 Å². The summed E-state index contributed by atoms with van der Waals surface area (Å²) in [5.74, 6) is -0.596. The Bertz CT molecular complexity index is 961. The summed E-state index contributed by atoms with van der Waals surface area (Å²) in [7, 11) is 0. The number of hydrogen-bond donors (Lipinski definition) is 3. The zero-order valence-electron chi connectivity index (χ0n) is 17.5. The normalized spacial score (nSPS) is 27.5. The molecule has 5 rings (SSSR count). The lowest BCUT2D eigenvalue weighted by atomic mass is 9.80. The lowest BCUT2D eigenvalue weighted by Crippen LogP contribution is -2.35. The minimum Gasteiger partial charge on any atom is -0.349 e. The topological polar surface area (TPSA) is 71.0 Å². The molecule has 2 aliphatic carbocycles. The van der Waals surface area contributed by atoms with Crippen molar-refractivity contribution in [3.05, 3.63) is 47.3 Å². The molecule has 2 aromatic rings. The van der Waals surface area contributed by atoms with Gasteiger partial charge >= 0.3 is 0 Å². The van der Waals surface area contributed by atoms with Gasteiger partial charge < -0.3 is 5.32 Å². The first-order chi connectivity index (χ1) is 15.1. The maximum atomic E-state index is 14.3. The van der Waals surface area contributed by atoms with E-state index in [1.165, 1.54) is 37.8 Å². The predicted octanol–water partition coefficient (Wildman–Crippen LogP) is 3.46. The van der Waals surface area contributed by atoms with Crippen molar-refractivity contribution < 1.29 is 13.6 Å². The van der Waals surface area contributed by atoms with E-state index in [9.17, 15) is 13.6 Å². The van der Waals surface area contributed by atoms with E-state index in [1.54, 1.807) is 10.9 Å². The van der Waals surface area contributed by atoms with Gasteiger partial charge in [-0.25, -0.2) is 13.5 Å².